The summed E-state index contributed by atoms with van der Waals surface area (Å²) in [6, 6.07) is 0. The molecule has 1 fully saturated rings. The van der Waals surface area contributed by atoms with Gasteiger partial charge in [-0.2, -0.15) is 13.2 Å². The van der Waals surface area contributed by atoms with E-state index in [0.29, 0.717) is 6.54 Å². The monoisotopic (exact) mass is 239 g/mol. The van der Waals surface area contributed by atoms with E-state index in [1.807, 2.05) is 0 Å². The topological polar surface area (TPSA) is 23.5 Å². The third kappa shape index (κ3) is 4.29. The highest BCUT2D eigenvalue weighted by molar-refractivity contribution is 4.86. The lowest BCUT2D eigenvalue weighted by molar-refractivity contribution is -0.138. The number of aliphatic hydroxyl groups is 1. The molecule has 0 unspecified atom stereocenters. The average molecular weight is 239 g/mol. The first-order valence-corrected chi connectivity index (χ1v) is 5.73. The second-order valence-electron chi connectivity index (χ2n) is 4.97. The van der Waals surface area contributed by atoms with Gasteiger partial charge in [0.15, 0.2) is 0 Å². The van der Waals surface area contributed by atoms with Crippen LogP contribution in [0.1, 0.15) is 32.1 Å². The zero-order valence-electron chi connectivity index (χ0n) is 9.69. The molecule has 1 aliphatic carbocycles. The van der Waals surface area contributed by atoms with E-state index in [1.54, 1.807) is 11.9 Å². The summed E-state index contributed by atoms with van der Waals surface area (Å²) in [5.74, 6) is 0. The van der Waals surface area contributed by atoms with Gasteiger partial charge in [-0.25, -0.2) is 0 Å². The van der Waals surface area contributed by atoms with Crippen LogP contribution in [0.5, 0.6) is 0 Å². The Hall–Kier alpha value is -0.290. The molecule has 0 aliphatic heterocycles. The summed E-state index contributed by atoms with van der Waals surface area (Å²) < 4.78 is 36.1. The Balaban J connectivity index is 2.35. The molecule has 1 rings (SSSR count). The Labute approximate surface area is 94.4 Å². The fourth-order valence-corrected chi connectivity index (χ4v) is 2.46. The van der Waals surface area contributed by atoms with Crippen LogP contribution < -0.4 is 0 Å². The van der Waals surface area contributed by atoms with Gasteiger partial charge >= 0.3 is 6.18 Å². The highest BCUT2D eigenvalue weighted by Crippen LogP contribution is 2.38. The molecule has 96 valence electrons. The van der Waals surface area contributed by atoms with Crippen molar-refractivity contribution < 1.29 is 18.3 Å². The van der Waals surface area contributed by atoms with Crippen LogP contribution in [-0.4, -0.2) is 42.9 Å². The number of halogens is 3. The van der Waals surface area contributed by atoms with Crippen LogP contribution in [0.25, 0.3) is 0 Å². The summed E-state index contributed by atoms with van der Waals surface area (Å²) in [5.41, 5.74) is -0.152. The van der Waals surface area contributed by atoms with Gasteiger partial charge in [0.05, 0.1) is 6.42 Å². The van der Waals surface area contributed by atoms with Crippen molar-refractivity contribution in [2.24, 2.45) is 5.41 Å². The summed E-state index contributed by atoms with van der Waals surface area (Å²) in [4.78, 5) is 1.69. The molecule has 0 aromatic rings. The smallest absolute Gasteiger partial charge is 0.390 e. The van der Waals surface area contributed by atoms with Crippen LogP contribution in [0, 0.1) is 5.41 Å². The molecule has 0 bridgehead atoms. The van der Waals surface area contributed by atoms with Crippen LogP contribution in [0.15, 0.2) is 0 Å². The minimum atomic E-state index is -4.09. The predicted molar refractivity (Wildman–Crippen MR) is 56.2 cm³/mol. The maximum atomic E-state index is 12.0. The van der Waals surface area contributed by atoms with Crippen molar-refractivity contribution in [1.29, 1.82) is 0 Å². The van der Waals surface area contributed by atoms with E-state index in [4.69, 9.17) is 0 Å². The number of rotatable bonds is 5. The summed E-state index contributed by atoms with van der Waals surface area (Å²) >= 11 is 0. The van der Waals surface area contributed by atoms with E-state index >= 15 is 0 Å². The zero-order valence-corrected chi connectivity index (χ0v) is 9.69. The van der Waals surface area contributed by atoms with Crippen LogP contribution >= 0.6 is 0 Å². The molecule has 1 aliphatic rings. The molecule has 0 spiro atoms. The SMILES string of the molecule is CN(CCC(F)(F)F)CC1(CO)CCCC1. The van der Waals surface area contributed by atoms with Crippen molar-refractivity contribution in [2.75, 3.05) is 26.7 Å². The van der Waals surface area contributed by atoms with Crippen molar-refractivity contribution in [1.82, 2.24) is 4.90 Å². The Morgan fingerprint density at radius 1 is 1.25 bits per heavy atom. The Bertz CT molecular complexity index is 212. The third-order valence-electron chi connectivity index (χ3n) is 3.38. The van der Waals surface area contributed by atoms with Gasteiger partial charge in [-0.3, -0.25) is 0 Å². The molecule has 16 heavy (non-hydrogen) atoms. The number of nitrogens with zero attached hydrogens (tertiary/aromatic N) is 1. The third-order valence-corrected chi connectivity index (χ3v) is 3.38. The molecule has 0 atom stereocenters. The van der Waals surface area contributed by atoms with Gasteiger partial charge in [-0.05, 0) is 19.9 Å². The Kier molecular flexibility index (Phi) is 4.62. The van der Waals surface area contributed by atoms with E-state index in [-0.39, 0.29) is 18.6 Å². The van der Waals surface area contributed by atoms with Crippen molar-refractivity contribution in [3.8, 4) is 0 Å². The molecule has 0 aromatic carbocycles. The number of hydrogen-bond acceptors (Lipinski definition) is 2. The van der Waals surface area contributed by atoms with Crippen molar-refractivity contribution in [2.45, 2.75) is 38.3 Å². The second-order valence-corrected chi connectivity index (χ2v) is 4.97. The molecule has 0 aromatic heterocycles. The standard InChI is InChI=1S/C11H20F3NO/c1-15(7-6-11(12,13)14)8-10(9-16)4-2-3-5-10/h16H,2-9H2,1H3. The van der Waals surface area contributed by atoms with Crippen LogP contribution in [0.4, 0.5) is 13.2 Å². The molecule has 1 saturated carbocycles. The van der Waals surface area contributed by atoms with Gasteiger partial charge in [0.25, 0.3) is 0 Å². The molecule has 2 nitrogen and oxygen atoms in total. The van der Waals surface area contributed by atoms with Crippen LogP contribution in [0.3, 0.4) is 0 Å². The van der Waals surface area contributed by atoms with Gasteiger partial charge in [0, 0.05) is 25.1 Å². The quantitative estimate of drug-likeness (QED) is 0.796. The van der Waals surface area contributed by atoms with Crippen molar-refractivity contribution in [3.05, 3.63) is 0 Å². The molecule has 5 heteroatoms. The fraction of sp³-hybridized carbons (Fsp3) is 1.00. The molecule has 0 heterocycles. The van der Waals surface area contributed by atoms with Gasteiger partial charge in [0.2, 0.25) is 0 Å². The fourth-order valence-electron chi connectivity index (χ4n) is 2.46. The Morgan fingerprint density at radius 2 is 1.81 bits per heavy atom. The summed E-state index contributed by atoms with van der Waals surface area (Å²) in [6.45, 7) is 0.675. The lowest BCUT2D eigenvalue weighted by Gasteiger charge is -2.31. The van der Waals surface area contributed by atoms with E-state index in [0.717, 1.165) is 25.7 Å². The summed E-state index contributed by atoms with van der Waals surface area (Å²) in [5, 5.41) is 9.34. The molecular weight excluding hydrogens is 219 g/mol. The van der Waals surface area contributed by atoms with E-state index < -0.39 is 12.6 Å². The van der Waals surface area contributed by atoms with Crippen LogP contribution in [0.2, 0.25) is 0 Å². The largest absolute Gasteiger partial charge is 0.396 e. The number of hydrogen-bond donors (Lipinski definition) is 1. The maximum Gasteiger partial charge on any atom is 0.390 e. The van der Waals surface area contributed by atoms with Crippen LogP contribution in [-0.2, 0) is 0 Å². The highest BCUT2D eigenvalue weighted by atomic mass is 19.4. The maximum absolute atomic E-state index is 12.0. The van der Waals surface area contributed by atoms with E-state index in [1.165, 1.54) is 0 Å². The van der Waals surface area contributed by atoms with Gasteiger partial charge in [-0.1, -0.05) is 12.8 Å². The molecule has 0 amide bonds. The number of alkyl halides is 3. The van der Waals surface area contributed by atoms with Gasteiger partial charge < -0.3 is 10.0 Å². The summed E-state index contributed by atoms with van der Waals surface area (Å²) in [6.07, 6.45) is -0.845. The first-order chi connectivity index (χ1) is 7.37. The van der Waals surface area contributed by atoms with E-state index in [2.05, 4.69) is 0 Å². The molecule has 1 N–H and O–H groups in total. The van der Waals surface area contributed by atoms with Crippen molar-refractivity contribution >= 4 is 0 Å². The molecular formula is C11H20F3NO. The minimum absolute atomic E-state index is 0.0191. The first kappa shape index (κ1) is 13.8. The Morgan fingerprint density at radius 3 is 2.25 bits per heavy atom. The van der Waals surface area contributed by atoms with Gasteiger partial charge in [-0.15, -0.1) is 0 Å². The minimum Gasteiger partial charge on any atom is -0.396 e. The first-order valence-electron chi connectivity index (χ1n) is 5.73. The second kappa shape index (κ2) is 5.36. The van der Waals surface area contributed by atoms with Crippen molar-refractivity contribution in [3.63, 3.8) is 0 Å². The van der Waals surface area contributed by atoms with E-state index in [9.17, 15) is 18.3 Å². The normalized spacial score (nSPS) is 20.6. The average Bonchev–Trinajstić information content (AvgIpc) is 2.63. The lowest BCUT2D eigenvalue weighted by Crippen LogP contribution is -2.37. The van der Waals surface area contributed by atoms with Gasteiger partial charge in [0.1, 0.15) is 0 Å². The highest BCUT2D eigenvalue weighted by Gasteiger charge is 2.35. The zero-order chi connectivity index (χ0) is 12.2. The summed E-state index contributed by atoms with van der Waals surface area (Å²) in [7, 11) is 1.70. The molecule has 0 saturated heterocycles. The molecule has 0 radical (unpaired) electrons. The number of aliphatic hydroxyl groups excluding tert-OH is 1. The predicted octanol–water partition coefficient (Wildman–Crippen LogP) is 2.42. The lowest BCUT2D eigenvalue weighted by atomic mass is 9.86.